The monoisotopic (exact) mass is 418 g/mol. The van der Waals surface area contributed by atoms with Crippen LogP contribution in [0.4, 0.5) is 0 Å². The minimum absolute atomic E-state index is 0.144. The van der Waals surface area contributed by atoms with E-state index in [1.54, 1.807) is 25.3 Å². The van der Waals surface area contributed by atoms with Gasteiger partial charge in [-0.1, -0.05) is 50.7 Å². The Kier molecular flexibility index (Phi) is 5.93. The number of methoxy groups -OCH3 is 1. The largest absolute Gasteiger partial charge is 0.496 e. The van der Waals surface area contributed by atoms with E-state index < -0.39 is 0 Å². The van der Waals surface area contributed by atoms with E-state index in [-0.39, 0.29) is 15.8 Å². The predicted molar refractivity (Wildman–Crippen MR) is 95.5 cm³/mol. The van der Waals surface area contributed by atoms with Crippen molar-refractivity contribution in [3.8, 4) is 5.75 Å². The van der Waals surface area contributed by atoms with E-state index in [0.717, 1.165) is 10.0 Å². The van der Waals surface area contributed by atoms with E-state index in [1.807, 2.05) is 12.1 Å². The fourth-order valence-electron chi connectivity index (χ4n) is 1.81. The summed E-state index contributed by atoms with van der Waals surface area (Å²) in [5.74, 6) is 0.387. The van der Waals surface area contributed by atoms with Crippen molar-refractivity contribution in [2.24, 2.45) is 0 Å². The van der Waals surface area contributed by atoms with Crippen molar-refractivity contribution < 1.29 is 9.53 Å². The number of ketones is 1. The van der Waals surface area contributed by atoms with Crippen LogP contribution in [0.1, 0.15) is 15.9 Å². The zero-order chi connectivity index (χ0) is 16.3. The van der Waals surface area contributed by atoms with Crippen LogP contribution in [-0.4, -0.2) is 12.9 Å². The molecule has 0 N–H and O–H groups in total. The number of allylic oxidation sites excluding steroid dienone is 1. The molecule has 0 amide bonds. The minimum atomic E-state index is -0.273. The van der Waals surface area contributed by atoms with Gasteiger partial charge in [-0.3, -0.25) is 4.79 Å². The molecule has 0 fully saturated rings. The van der Waals surface area contributed by atoms with Crippen molar-refractivity contribution >= 4 is 62.6 Å². The third-order valence-corrected chi connectivity index (χ3v) is 4.69. The van der Waals surface area contributed by atoms with E-state index in [0.29, 0.717) is 16.3 Å². The van der Waals surface area contributed by atoms with Gasteiger partial charge in [-0.05, 0) is 42.5 Å². The maximum atomic E-state index is 12.3. The maximum Gasteiger partial charge on any atom is 0.187 e. The number of carbonyl (C=O) groups excluding carboxylic acids is 1. The first-order valence-electron chi connectivity index (χ1n) is 6.13. The van der Waals surface area contributed by atoms with Crippen LogP contribution < -0.4 is 4.74 Å². The van der Waals surface area contributed by atoms with Crippen LogP contribution >= 0.6 is 50.7 Å². The molecule has 114 valence electrons. The highest BCUT2D eigenvalue weighted by atomic mass is 79.9. The second-order valence-corrected chi connectivity index (χ2v) is 6.39. The highest BCUT2D eigenvalue weighted by Gasteiger charge is 2.13. The molecule has 0 spiro atoms. The highest BCUT2D eigenvalue weighted by Crippen LogP contribution is 2.33. The average Bonchev–Trinajstić information content (AvgIpc) is 2.50. The molecule has 2 aromatic rings. The smallest absolute Gasteiger partial charge is 0.187 e. The van der Waals surface area contributed by atoms with Crippen molar-refractivity contribution in [2.45, 2.75) is 0 Å². The molecule has 0 aromatic heterocycles. The Balaban J connectivity index is 2.33. The zero-order valence-corrected chi connectivity index (χ0v) is 15.2. The van der Waals surface area contributed by atoms with Crippen LogP contribution in [-0.2, 0) is 0 Å². The topological polar surface area (TPSA) is 26.3 Å². The van der Waals surface area contributed by atoms with Gasteiger partial charge in [0.2, 0.25) is 0 Å². The van der Waals surface area contributed by atoms with Gasteiger partial charge in [0, 0.05) is 15.6 Å². The fourth-order valence-corrected chi connectivity index (χ4v) is 2.81. The van der Waals surface area contributed by atoms with Crippen LogP contribution in [0, 0.1) is 0 Å². The number of benzene rings is 2. The number of ether oxygens (including phenoxy) is 1. The van der Waals surface area contributed by atoms with Crippen molar-refractivity contribution in [2.75, 3.05) is 7.11 Å². The summed E-state index contributed by atoms with van der Waals surface area (Å²) >= 11 is 21.2. The summed E-state index contributed by atoms with van der Waals surface area (Å²) < 4.78 is 6.13. The first-order valence-corrected chi connectivity index (χ1v) is 8.06. The summed E-state index contributed by atoms with van der Waals surface area (Å²) in [7, 11) is 1.57. The van der Waals surface area contributed by atoms with E-state index in [9.17, 15) is 4.79 Å². The predicted octanol–water partition coefficient (Wildman–Crippen LogP) is 6.31. The van der Waals surface area contributed by atoms with Gasteiger partial charge in [-0.2, -0.15) is 0 Å². The Bertz CT molecular complexity index is 757. The molecule has 0 saturated heterocycles. The Morgan fingerprint density at radius 3 is 2.55 bits per heavy atom. The van der Waals surface area contributed by atoms with Gasteiger partial charge in [0.05, 0.1) is 22.2 Å². The summed E-state index contributed by atoms with van der Waals surface area (Å²) in [5, 5.41) is 0.619. The fraction of sp³-hybridized carbons (Fsp3) is 0.0625. The number of carbonyl (C=O) groups is 1. The van der Waals surface area contributed by atoms with Crippen LogP contribution in [0.25, 0.3) is 6.08 Å². The normalized spacial score (nSPS) is 11.0. The molecule has 0 aliphatic carbocycles. The molecule has 2 rings (SSSR count). The molecular weight excluding hydrogens is 410 g/mol. The van der Waals surface area contributed by atoms with Crippen molar-refractivity contribution in [3.63, 3.8) is 0 Å². The van der Waals surface area contributed by atoms with E-state index >= 15 is 0 Å². The van der Waals surface area contributed by atoms with Gasteiger partial charge in [0.25, 0.3) is 0 Å². The Morgan fingerprint density at radius 1 is 1.14 bits per heavy atom. The van der Waals surface area contributed by atoms with Crippen molar-refractivity contribution in [1.82, 2.24) is 0 Å². The van der Waals surface area contributed by atoms with Gasteiger partial charge in [-0.25, -0.2) is 0 Å². The molecule has 0 unspecified atom stereocenters. The van der Waals surface area contributed by atoms with E-state index in [4.69, 9.17) is 39.5 Å². The quantitative estimate of drug-likeness (QED) is 0.329. The third kappa shape index (κ3) is 3.85. The molecule has 2 nitrogen and oxygen atoms in total. The maximum absolute atomic E-state index is 12.3. The molecule has 0 bridgehead atoms. The summed E-state index contributed by atoms with van der Waals surface area (Å²) in [4.78, 5) is 12.3. The second kappa shape index (κ2) is 7.51. The molecule has 22 heavy (non-hydrogen) atoms. The minimum Gasteiger partial charge on any atom is -0.496 e. The molecular formula is C16H10BrCl3O2. The summed E-state index contributed by atoms with van der Waals surface area (Å²) in [6, 6.07) is 8.59. The van der Waals surface area contributed by atoms with Crippen LogP contribution in [0.15, 0.2) is 40.9 Å². The summed E-state index contributed by atoms with van der Waals surface area (Å²) in [6.07, 6.45) is 3.07. The van der Waals surface area contributed by atoms with Gasteiger partial charge in [0.1, 0.15) is 5.75 Å². The van der Waals surface area contributed by atoms with Gasteiger partial charge < -0.3 is 4.74 Å². The lowest BCUT2D eigenvalue weighted by molar-refractivity contribution is 0.104. The van der Waals surface area contributed by atoms with Crippen molar-refractivity contribution in [1.29, 1.82) is 0 Å². The molecule has 0 aliphatic rings. The molecule has 0 heterocycles. The Labute approximate surface area is 151 Å². The summed E-state index contributed by atoms with van der Waals surface area (Å²) in [5.41, 5.74) is 1.06. The van der Waals surface area contributed by atoms with Gasteiger partial charge in [-0.15, -0.1) is 0 Å². The summed E-state index contributed by atoms with van der Waals surface area (Å²) in [6.45, 7) is 0. The molecule has 0 radical (unpaired) electrons. The standard InChI is InChI=1S/C16H10BrCl3O2/c1-22-14-7-3-10(17)8-9(14)2-6-13(21)11-4-5-12(18)16(20)15(11)19/h2-8H,1H3. The molecule has 0 saturated carbocycles. The zero-order valence-electron chi connectivity index (χ0n) is 11.4. The Hall–Kier alpha value is -1.000. The first kappa shape index (κ1) is 17.4. The number of hydrogen-bond donors (Lipinski definition) is 0. The van der Waals surface area contributed by atoms with E-state index in [1.165, 1.54) is 12.1 Å². The molecule has 2 aromatic carbocycles. The highest BCUT2D eigenvalue weighted by molar-refractivity contribution is 9.10. The lowest BCUT2D eigenvalue weighted by Gasteiger charge is -2.06. The van der Waals surface area contributed by atoms with Gasteiger partial charge >= 0.3 is 0 Å². The molecule has 0 aliphatic heterocycles. The van der Waals surface area contributed by atoms with Crippen LogP contribution in [0.3, 0.4) is 0 Å². The average molecular weight is 421 g/mol. The lowest BCUT2D eigenvalue weighted by Crippen LogP contribution is -1.96. The van der Waals surface area contributed by atoms with E-state index in [2.05, 4.69) is 15.9 Å². The van der Waals surface area contributed by atoms with Gasteiger partial charge in [0.15, 0.2) is 5.78 Å². The third-order valence-electron chi connectivity index (χ3n) is 2.91. The number of rotatable bonds is 4. The number of hydrogen-bond acceptors (Lipinski definition) is 2. The SMILES string of the molecule is COc1ccc(Br)cc1C=CC(=O)c1ccc(Cl)c(Cl)c1Cl. The second-order valence-electron chi connectivity index (χ2n) is 4.31. The molecule has 0 atom stereocenters. The van der Waals surface area contributed by atoms with Crippen molar-refractivity contribution in [3.05, 3.63) is 67.1 Å². The Morgan fingerprint density at radius 2 is 1.86 bits per heavy atom. The van der Waals surface area contributed by atoms with Crippen LogP contribution in [0.5, 0.6) is 5.75 Å². The molecule has 6 heteroatoms. The van der Waals surface area contributed by atoms with Crippen LogP contribution in [0.2, 0.25) is 15.1 Å². The number of halogens is 4. The lowest BCUT2D eigenvalue weighted by atomic mass is 10.1. The first-order chi connectivity index (χ1) is 10.4.